The first-order chi connectivity index (χ1) is 17.3. The molecule has 2 aromatic rings. The van der Waals surface area contributed by atoms with Gasteiger partial charge in [-0.2, -0.15) is 0 Å². The maximum atomic E-state index is 14.5. The highest BCUT2D eigenvalue weighted by molar-refractivity contribution is 6.27. The van der Waals surface area contributed by atoms with Crippen molar-refractivity contribution in [2.75, 3.05) is 37.1 Å². The molecule has 8 heteroatoms. The summed E-state index contributed by atoms with van der Waals surface area (Å²) in [5.74, 6) is -2.46. The quantitative estimate of drug-likeness (QED) is 0.617. The topological polar surface area (TPSA) is 93.2 Å². The van der Waals surface area contributed by atoms with E-state index >= 15 is 0 Å². The van der Waals surface area contributed by atoms with Crippen LogP contribution in [0.1, 0.15) is 25.0 Å². The molecule has 1 aliphatic carbocycles. The van der Waals surface area contributed by atoms with Crippen LogP contribution in [0.5, 0.6) is 0 Å². The van der Waals surface area contributed by atoms with Gasteiger partial charge in [0.1, 0.15) is 10.8 Å². The van der Waals surface area contributed by atoms with Gasteiger partial charge in [-0.3, -0.25) is 9.59 Å². The fourth-order valence-corrected chi connectivity index (χ4v) is 6.04. The van der Waals surface area contributed by atoms with Crippen LogP contribution in [0.15, 0.2) is 71.8 Å². The number of fused-ring (bicyclic) bond motifs is 5. The highest BCUT2D eigenvalue weighted by atomic mass is 16.5. The van der Waals surface area contributed by atoms with Crippen molar-refractivity contribution in [1.29, 1.82) is 0 Å². The Kier molecular flexibility index (Phi) is 5.35. The Morgan fingerprint density at radius 1 is 0.694 bits per heavy atom. The minimum Gasteiger partial charge on any atom is -0.463 e. The molecule has 2 heterocycles. The number of amides is 2. The van der Waals surface area contributed by atoms with Crippen molar-refractivity contribution in [2.24, 2.45) is 0 Å². The molecule has 2 atom stereocenters. The number of carbonyl (C=O) groups excluding carboxylic acids is 4. The predicted molar refractivity (Wildman–Crippen MR) is 132 cm³/mol. The Labute approximate surface area is 208 Å². The van der Waals surface area contributed by atoms with Crippen LogP contribution in [-0.4, -0.2) is 51.1 Å². The zero-order valence-electron chi connectivity index (χ0n) is 20.5. The van der Waals surface area contributed by atoms with Crippen LogP contribution in [0, 0.1) is 0 Å². The molecule has 36 heavy (non-hydrogen) atoms. The molecule has 3 aliphatic rings. The summed E-state index contributed by atoms with van der Waals surface area (Å²) >= 11 is 0. The molecular formula is C28H26N2O6. The third-order valence-corrected chi connectivity index (χ3v) is 7.37. The van der Waals surface area contributed by atoms with E-state index in [1.165, 1.54) is 22.0 Å². The van der Waals surface area contributed by atoms with E-state index in [0.29, 0.717) is 22.5 Å². The van der Waals surface area contributed by atoms with E-state index in [4.69, 9.17) is 9.47 Å². The summed E-state index contributed by atoms with van der Waals surface area (Å²) < 4.78 is 10.8. The van der Waals surface area contributed by atoms with Crippen LogP contribution >= 0.6 is 0 Å². The Hall–Kier alpha value is -4.20. The van der Waals surface area contributed by atoms with Crippen molar-refractivity contribution < 1.29 is 28.7 Å². The second-order valence-electron chi connectivity index (χ2n) is 8.86. The van der Waals surface area contributed by atoms with Crippen LogP contribution in [-0.2, 0) is 39.5 Å². The Morgan fingerprint density at radius 3 is 1.42 bits per heavy atom. The van der Waals surface area contributed by atoms with Gasteiger partial charge < -0.3 is 19.3 Å². The molecule has 2 aliphatic heterocycles. The first-order valence-electron chi connectivity index (χ1n) is 11.8. The van der Waals surface area contributed by atoms with Crippen molar-refractivity contribution >= 4 is 35.1 Å². The third-order valence-electron chi connectivity index (χ3n) is 7.37. The lowest BCUT2D eigenvalue weighted by Gasteiger charge is -2.47. The molecule has 184 valence electrons. The number of hydrogen-bond acceptors (Lipinski definition) is 6. The fourth-order valence-electron chi connectivity index (χ4n) is 6.04. The first kappa shape index (κ1) is 23.5. The maximum absolute atomic E-state index is 14.5. The first-order valence-corrected chi connectivity index (χ1v) is 11.8. The average Bonchev–Trinajstić information content (AvgIpc) is 3.24. The smallest absolute Gasteiger partial charge is 0.335 e. The molecule has 0 fully saturated rings. The summed E-state index contributed by atoms with van der Waals surface area (Å²) in [5.41, 5.74) is -1.80. The standard InChI is InChI=1S/C28H26N2O6/c1-5-35-23(31)19-15-16-20(24(32)36-6-2)28(18-12-8-10-14-22(18)30(4)26(28)34)27(19)17-11-7-9-13-21(17)29(3)25(27)33/h7-16H,5-6H2,1-4H3/t27-,28-/m1/s1. The Bertz CT molecular complexity index is 1290. The van der Waals surface area contributed by atoms with Gasteiger partial charge in [-0.05, 0) is 49.3 Å². The number of carbonyl (C=O) groups is 4. The van der Waals surface area contributed by atoms with E-state index in [0.717, 1.165) is 0 Å². The number of hydrogen-bond donors (Lipinski definition) is 0. The molecule has 0 N–H and O–H groups in total. The molecule has 0 bridgehead atoms. The largest absolute Gasteiger partial charge is 0.463 e. The number of likely N-dealkylation sites (N-methyl/N-ethyl adjacent to an activating group) is 2. The fraction of sp³-hybridized carbons (Fsp3) is 0.286. The van der Waals surface area contributed by atoms with Crippen LogP contribution in [0.4, 0.5) is 11.4 Å². The van der Waals surface area contributed by atoms with Gasteiger partial charge in [0.05, 0.1) is 24.4 Å². The zero-order valence-corrected chi connectivity index (χ0v) is 20.5. The second-order valence-corrected chi connectivity index (χ2v) is 8.86. The lowest BCUT2D eigenvalue weighted by Crippen LogP contribution is -2.64. The second kappa shape index (κ2) is 8.19. The van der Waals surface area contributed by atoms with E-state index in [1.807, 2.05) is 0 Å². The summed E-state index contributed by atoms with van der Waals surface area (Å²) in [6.45, 7) is 3.49. The third kappa shape index (κ3) is 2.58. The van der Waals surface area contributed by atoms with Crippen LogP contribution in [0.2, 0.25) is 0 Å². The summed E-state index contributed by atoms with van der Waals surface area (Å²) in [7, 11) is 3.20. The van der Waals surface area contributed by atoms with Gasteiger partial charge in [0.15, 0.2) is 0 Å². The monoisotopic (exact) mass is 486 g/mol. The lowest BCUT2D eigenvalue weighted by atomic mass is 9.49. The molecule has 0 saturated heterocycles. The van der Waals surface area contributed by atoms with E-state index in [9.17, 15) is 19.2 Å². The number of nitrogens with zero attached hydrogens (tertiary/aromatic N) is 2. The molecule has 2 spiro atoms. The molecule has 0 unspecified atom stereocenters. The highest BCUT2D eigenvalue weighted by Gasteiger charge is 2.76. The maximum Gasteiger partial charge on any atom is 0.335 e. The van der Waals surface area contributed by atoms with Gasteiger partial charge in [0.25, 0.3) is 0 Å². The number of allylic oxidation sites excluding steroid dienone is 2. The number of esters is 2. The lowest BCUT2D eigenvalue weighted by molar-refractivity contribution is -0.145. The average molecular weight is 487 g/mol. The SMILES string of the molecule is CCOC(=O)C1=CC=C(C(=O)OCC)[C@]2(C(=O)N(C)c3ccccc32)[C@@]12C(=O)N(C)c1ccccc12. The van der Waals surface area contributed by atoms with Crippen LogP contribution < -0.4 is 9.80 Å². The molecule has 2 amide bonds. The van der Waals surface area contributed by atoms with E-state index in [2.05, 4.69) is 0 Å². The van der Waals surface area contributed by atoms with Crippen molar-refractivity contribution in [1.82, 2.24) is 0 Å². The minimum atomic E-state index is -1.89. The van der Waals surface area contributed by atoms with Gasteiger partial charge in [-0.15, -0.1) is 0 Å². The normalized spacial score (nSPS) is 24.0. The number of anilines is 2. The molecule has 2 aromatic carbocycles. The van der Waals surface area contributed by atoms with Crippen LogP contribution in [0.3, 0.4) is 0 Å². The van der Waals surface area contributed by atoms with Crippen molar-refractivity contribution in [3.05, 3.63) is 83.0 Å². The van der Waals surface area contributed by atoms with E-state index in [1.54, 1.807) is 76.5 Å². The van der Waals surface area contributed by atoms with Gasteiger partial charge in [0.2, 0.25) is 11.8 Å². The number of rotatable bonds is 4. The summed E-state index contributed by atoms with van der Waals surface area (Å²) in [5, 5.41) is 0. The summed E-state index contributed by atoms with van der Waals surface area (Å²) in [6, 6.07) is 14.0. The Balaban J connectivity index is 2.00. The molecule has 0 radical (unpaired) electrons. The van der Waals surface area contributed by atoms with Gasteiger partial charge in [-0.1, -0.05) is 36.4 Å². The van der Waals surface area contributed by atoms with Crippen molar-refractivity contribution in [2.45, 2.75) is 24.7 Å². The number of ether oxygens (including phenoxy) is 2. The van der Waals surface area contributed by atoms with Crippen molar-refractivity contribution in [3.63, 3.8) is 0 Å². The van der Waals surface area contributed by atoms with E-state index < -0.39 is 34.6 Å². The van der Waals surface area contributed by atoms with Gasteiger partial charge >= 0.3 is 11.9 Å². The zero-order chi connectivity index (χ0) is 25.8. The Morgan fingerprint density at radius 2 is 1.06 bits per heavy atom. The van der Waals surface area contributed by atoms with Gasteiger partial charge in [0, 0.05) is 25.5 Å². The molecule has 0 saturated carbocycles. The van der Waals surface area contributed by atoms with Gasteiger partial charge in [-0.25, -0.2) is 9.59 Å². The predicted octanol–water partition coefficient (Wildman–Crippen LogP) is 2.81. The summed E-state index contributed by atoms with van der Waals surface area (Å²) in [4.78, 5) is 59.0. The molecule has 5 rings (SSSR count). The number of para-hydroxylation sites is 2. The minimum absolute atomic E-state index is 0.00217. The van der Waals surface area contributed by atoms with Crippen LogP contribution in [0.25, 0.3) is 0 Å². The molecule has 8 nitrogen and oxygen atoms in total. The molecular weight excluding hydrogens is 460 g/mol. The summed E-state index contributed by atoms with van der Waals surface area (Å²) in [6.07, 6.45) is 2.86. The highest BCUT2D eigenvalue weighted by Crippen LogP contribution is 2.65. The van der Waals surface area contributed by atoms with E-state index in [-0.39, 0.29) is 24.4 Å². The van der Waals surface area contributed by atoms with Crippen molar-refractivity contribution in [3.8, 4) is 0 Å². The molecule has 0 aromatic heterocycles. The number of benzene rings is 2.